The van der Waals surface area contributed by atoms with Crippen LogP contribution < -0.4 is 5.32 Å². The first kappa shape index (κ1) is 21.7. The van der Waals surface area contributed by atoms with Crippen LogP contribution >= 0.6 is 0 Å². The summed E-state index contributed by atoms with van der Waals surface area (Å²) < 4.78 is 6.52. The fourth-order valence-corrected chi connectivity index (χ4v) is 4.08. The number of nitrogens with one attached hydrogen (secondary N) is 1. The number of carbonyl (C=O) groups is 2. The van der Waals surface area contributed by atoms with Crippen molar-refractivity contribution in [3.63, 3.8) is 0 Å². The summed E-state index contributed by atoms with van der Waals surface area (Å²) in [5, 5.41) is 14.8. The van der Waals surface area contributed by atoms with E-state index in [1.165, 1.54) is 0 Å². The monoisotopic (exact) mass is 436 g/mol. The average molecular weight is 437 g/mol. The number of aryl methyl sites for hydroxylation is 3. The molecule has 0 unspecified atom stereocenters. The molecule has 0 aliphatic carbocycles. The van der Waals surface area contributed by atoms with Crippen molar-refractivity contribution < 1.29 is 14.2 Å². The maximum atomic E-state index is 12.9. The van der Waals surface area contributed by atoms with Gasteiger partial charge in [-0.1, -0.05) is 10.3 Å². The van der Waals surface area contributed by atoms with E-state index in [-0.39, 0.29) is 17.7 Å². The van der Waals surface area contributed by atoms with Crippen LogP contribution in [-0.2, 0) is 11.3 Å². The molecule has 2 amide bonds. The van der Waals surface area contributed by atoms with E-state index in [1.54, 1.807) is 6.92 Å². The summed E-state index contributed by atoms with van der Waals surface area (Å²) in [6, 6.07) is 9.59. The van der Waals surface area contributed by atoms with Crippen LogP contribution in [-0.4, -0.2) is 49.9 Å². The van der Waals surface area contributed by atoms with E-state index in [4.69, 9.17) is 0 Å². The molecule has 9 nitrogen and oxygen atoms in total. The second-order valence-electron chi connectivity index (χ2n) is 8.40. The van der Waals surface area contributed by atoms with E-state index in [0.717, 1.165) is 29.9 Å². The number of rotatable bonds is 6. The van der Waals surface area contributed by atoms with Crippen molar-refractivity contribution in [2.75, 3.05) is 13.1 Å². The molecule has 1 aliphatic heterocycles. The zero-order chi connectivity index (χ0) is 22.7. The van der Waals surface area contributed by atoms with E-state index in [0.29, 0.717) is 43.0 Å². The Hall–Kier alpha value is -3.49. The highest BCUT2D eigenvalue weighted by atomic mass is 16.6. The van der Waals surface area contributed by atoms with Gasteiger partial charge in [0.25, 0.3) is 5.91 Å². The second kappa shape index (κ2) is 9.33. The van der Waals surface area contributed by atoms with Gasteiger partial charge in [-0.05, 0) is 69.9 Å². The van der Waals surface area contributed by atoms with Crippen molar-refractivity contribution in [1.82, 2.24) is 30.3 Å². The Bertz CT molecular complexity index is 1090. The van der Waals surface area contributed by atoms with E-state index in [9.17, 15) is 9.59 Å². The zero-order valence-corrected chi connectivity index (χ0v) is 18.7. The molecular formula is C23H28N6O3. The van der Waals surface area contributed by atoms with E-state index >= 15 is 0 Å². The van der Waals surface area contributed by atoms with Crippen LogP contribution in [0.5, 0.6) is 0 Å². The standard InChI is InChI=1S/C23H28N6O3/c1-15-12-16(2)29(25-15)20-6-4-19(5-7-20)23(31)28-10-8-18(9-11-28)13-22(30)24-14-21-17(3)26-32-27-21/h4-7,12,18H,8-11,13-14H2,1-3H3,(H,24,30). The lowest BCUT2D eigenvalue weighted by Crippen LogP contribution is -2.39. The summed E-state index contributed by atoms with van der Waals surface area (Å²) in [5.41, 5.74) is 4.95. The minimum atomic E-state index is -0.0167. The predicted octanol–water partition coefficient (Wildman–Crippen LogP) is 2.74. The number of amides is 2. The smallest absolute Gasteiger partial charge is 0.253 e. The maximum absolute atomic E-state index is 12.9. The van der Waals surface area contributed by atoms with Gasteiger partial charge in [-0.25, -0.2) is 9.31 Å². The Kier molecular flexibility index (Phi) is 6.34. The molecule has 0 radical (unpaired) electrons. The number of likely N-dealkylation sites (tertiary alicyclic amines) is 1. The van der Waals surface area contributed by atoms with Crippen molar-refractivity contribution in [3.8, 4) is 5.69 Å². The molecule has 32 heavy (non-hydrogen) atoms. The van der Waals surface area contributed by atoms with Crippen molar-refractivity contribution >= 4 is 11.8 Å². The van der Waals surface area contributed by atoms with Gasteiger partial charge in [-0.15, -0.1) is 0 Å². The van der Waals surface area contributed by atoms with Crippen LogP contribution in [0.1, 0.15) is 52.4 Å². The number of hydrogen-bond donors (Lipinski definition) is 1. The number of aromatic nitrogens is 4. The number of benzene rings is 1. The van der Waals surface area contributed by atoms with E-state index in [2.05, 4.69) is 25.4 Å². The molecule has 2 aromatic heterocycles. The second-order valence-corrected chi connectivity index (χ2v) is 8.40. The Morgan fingerprint density at radius 2 is 1.81 bits per heavy atom. The van der Waals surface area contributed by atoms with Gasteiger partial charge in [0.1, 0.15) is 11.4 Å². The van der Waals surface area contributed by atoms with Crippen molar-refractivity contribution in [1.29, 1.82) is 0 Å². The van der Waals surface area contributed by atoms with Crippen LogP contribution in [0.25, 0.3) is 5.69 Å². The van der Waals surface area contributed by atoms with E-state index < -0.39 is 0 Å². The molecule has 1 saturated heterocycles. The molecule has 1 fully saturated rings. The summed E-state index contributed by atoms with van der Waals surface area (Å²) in [6.07, 6.45) is 2.07. The largest absolute Gasteiger partial charge is 0.350 e. The van der Waals surface area contributed by atoms with Gasteiger partial charge in [0.05, 0.1) is 17.9 Å². The molecule has 9 heteroatoms. The molecule has 0 atom stereocenters. The molecular weight excluding hydrogens is 408 g/mol. The number of nitrogens with zero attached hydrogens (tertiary/aromatic N) is 5. The summed E-state index contributed by atoms with van der Waals surface area (Å²) in [6.45, 7) is 7.39. The third-order valence-corrected chi connectivity index (χ3v) is 5.94. The minimum Gasteiger partial charge on any atom is -0.350 e. The summed E-state index contributed by atoms with van der Waals surface area (Å²) in [5.74, 6) is 0.280. The van der Waals surface area contributed by atoms with Gasteiger partial charge in [0.2, 0.25) is 5.91 Å². The lowest BCUT2D eigenvalue weighted by molar-refractivity contribution is -0.122. The predicted molar refractivity (Wildman–Crippen MR) is 117 cm³/mol. The third-order valence-electron chi connectivity index (χ3n) is 5.94. The van der Waals surface area contributed by atoms with Gasteiger partial charge >= 0.3 is 0 Å². The molecule has 3 aromatic rings. The molecule has 1 aliphatic rings. The highest BCUT2D eigenvalue weighted by Crippen LogP contribution is 2.22. The Labute approximate surface area is 186 Å². The summed E-state index contributed by atoms with van der Waals surface area (Å²) in [4.78, 5) is 27.0. The number of piperidine rings is 1. The SMILES string of the molecule is Cc1cc(C)n(-c2ccc(C(=O)N3CCC(CC(=O)NCc4nonc4C)CC3)cc2)n1. The molecule has 1 aromatic carbocycles. The van der Waals surface area contributed by atoms with Gasteiger partial charge < -0.3 is 10.2 Å². The Balaban J connectivity index is 1.26. The van der Waals surface area contributed by atoms with Crippen LogP contribution in [0.4, 0.5) is 0 Å². The molecule has 1 N–H and O–H groups in total. The lowest BCUT2D eigenvalue weighted by atomic mass is 9.93. The van der Waals surface area contributed by atoms with Crippen molar-refractivity contribution in [2.45, 2.75) is 46.6 Å². The molecule has 0 spiro atoms. The molecule has 168 valence electrons. The van der Waals surface area contributed by atoms with Gasteiger partial charge in [-0.2, -0.15) is 5.10 Å². The van der Waals surface area contributed by atoms with Crippen molar-refractivity contribution in [3.05, 3.63) is 58.7 Å². The molecule has 0 bridgehead atoms. The maximum Gasteiger partial charge on any atom is 0.253 e. The lowest BCUT2D eigenvalue weighted by Gasteiger charge is -2.31. The zero-order valence-electron chi connectivity index (χ0n) is 18.7. The van der Waals surface area contributed by atoms with Crippen LogP contribution in [0.15, 0.2) is 35.0 Å². The highest BCUT2D eigenvalue weighted by molar-refractivity contribution is 5.94. The fraction of sp³-hybridized carbons (Fsp3) is 0.435. The quantitative estimate of drug-likeness (QED) is 0.637. The summed E-state index contributed by atoms with van der Waals surface area (Å²) in [7, 11) is 0. The third kappa shape index (κ3) is 4.87. The first-order chi connectivity index (χ1) is 15.4. The molecule has 0 saturated carbocycles. The number of carbonyl (C=O) groups excluding carboxylic acids is 2. The topological polar surface area (TPSA) is 106 Å². The summed E-state index contributed by atoms with van der Waals surface area (Å²) >= 11 is 0. The molecule has 4 rings (SSSR count). The van der Waals surface area contributed by atoms with Gasteiger partial charge in [-0.3, -0.25) is 9.59 Å². The minimum absolute atomic E-state index is 0.0167. The van der Waals surface area contributed by atoms with Crippen LogP contribution in [0.3, 0.4) is 0 Å². The number of hydrogen-bond acceptors (Lipinski definition) is 6. The van der Waals surface area contributed by atoms with Gasteiger partial charge in [0, 0.05) is 30.8 Å². The Morgan fingerprint density at radius 3 is 2.41 bits per heavy atom. The normalized spacial score (nSPS) is 14.5. The highest BCUT2D eigenvalue weighted by Gasteiger charge is 2.25. The van der Waals surface area contributed by atoms with Crippen LogP contribution in [0, 0.1) is 26.7 Å². The Morgan fingerprint density at radius 1 is 1.09 bits per heavy atom. The fourth-order valence-electron chi connectivity index (χ4n) is 4.08. The van der Waals surface area contributed by atoms with Gasteiger partial charge in [0.15, 0.2) is 0 Å². The van der Waals surface area contributed by atoms with Crippen LogP contribution in [0.2, 0.25) is 0 Å². The first-order valence-electron chi connectivity index (χ1n) is 10.9. The first-order valence-corrected chi connectivity index (χ1v) is 10.9. The van der Waals surface area contributed by atoms with E-state index in [1.807, 2.05) is 53.8 Å². The van der Waals surface area contributed by atoms with Crippen molar-refractivity contribution in [2.24, 2.45) is 5.92 Å². The molecule has 3 heterocycles. The average Bonchev–Trinajstić information content (AvgIpc) is 3.36.